The minimum absolute atomic E-state index is 0.125. The monoisotopic (exact) mass is 206 g/mol. The maximum atomic E-state index is 11.6. The lowest BCUT2D eigenvalue weighted by Crippen LogP contribution is -2.26. The van der Waals surface area contributed by atoms with Gasteiger partial charge in [0, 0.05) is 21.3 Å². The van der Waals surface area contributed by atoms with Gasteiger partial charge in [-0.1, -0.05) is 0 Å². The van der Waals surface area contributed by atoms with Gasteiger partial charge < -0.3 is 5.11 Å². The van der Waals surface area contributed by atoms with Crippen LogP contribution in [0.2, 0.25) is 0 Å². The van der Waals surface area contributed by atoms with Crippen molar-refractivity contribution in [2.75, 3.05) is 5.75 Å². The van der Waals surface area contributed by atoms with Gasteiger partial charge in [-0.3, -0.25) is 4.21 Å². The smallest absolute Gasteiger partial charge is 0.0592 e. The SMILES string of the molecule is CC(C)(O)CCCS(=O)C(C)(C)C. The van der Waals surface area contributed by atoms with Crippen molar-refractivity contribution in [3.05, 3.63) is 0 Å². The van der Waals surface area contributed by atoms with E-state index in [4.69, 9.17) is 0 Å². The van der Waals surface area contributed by atoms with Gasteiger partial charge in [0.1, 0.15) is 0 Å². The molecular formula is C10H22O2S. The summed E-state index contributed by atoms with van der Waals surface area (Å²) in [6.45, 7) is 9.51. The van der Waals surface area contributed by atoms with Crippen LogP contribution in [0.15, 0.2) is 0 Å². The summed E-state index contributed by atoms with van der Waals surface area (Å²) < 4.78 is 11.5. The van der Waals surface area contributed by atoms with Crippen molar-refractivity contribution in [3.8, 4) is 0 Å². The lowest BCUT2D eigenvalue weighted by molar-refractivity contribution is 0.0705. The molecule has 0 saturated carbocycles. The van der Waals surface area contributed by atoms with Crippen LogP contribution in [0.3, 0.4) is 0 Å². The Bertz CT molecular complexity index is 174. The van der Waals surface area contributed by atoms with Crippen LogP contribution in [-0.2, 0) is 10.8 Å². The highest BCUT2D eigenvalue weighted by molar-refractivity contribution is 7.86. The molecule has 0 aromatic heterocycles. The first kappa shape index (κ1) is 13.1. The molecule has 1 atom stereocenters. The summed E-state index contributed by atoms with van der Waals surface area (Å²) in [5.41, 5.74) is -0.623. The molecule has 0 bridgehead atoms. The molecule has 0 heterocycles. The Kier molecular flexibility index (Phi) is 4.60. The predicted octanol–water partition coefficient (Wildman–Crippen LogP) is 2.08. The molecular weight excluding hydrogens is 184 g/mol. The van der Waals surface area contributed by atoms with Gasteiger partial charge in [-0.2, -0.15) is 0 Å². The average Bonchev–Trinajstić information content (AvgIpc) is 1.82. The Labute approximate surface area is 84.2 Å². The van der Waals surface area contributed by atoms with Crippen molar-refractivity contribution >= 4 is 10.8 Å². The Hall–Kier alpha value is 0.110. The highest BCUT2D eigenvalue weighted by Gasteiger charge is 2.20. The molecule has 0 saturated heterocycles. The lowest BCUT2D eigenvalue weighted by atomic mass is 10.0. The second kappa shape index (κ2) is 4.56. The minimum atomic E-state index is -0.783. The van der Waals surface area contributed by atoms with Crippen LogP contribution in [0.1, 0.15) is 47.5 Å². The van der Waals surface area contributed by atoms with E-state index in [-0.39, 0.29) is 4.75 Å². The van der Waals surface area contributed by atoms with E-state index in [1.165, 1.54) is 0 Å². The van der Waals surface area contributed by atoms with Gasteiger partial charge in [0.2, 0.25) is 0 Å². The average molecular weight is 206 g/mol. The molecule has 0 amide bonds. The molecule has 0 fully saturated rings. The zero-order valence-electron chi connectivity index (χ0n) is 9.39. The van der Waals surface area contributed by atoms with Gasteiger partial charge in [0.15, 0.2) is 0 Å². The first-order chi connectivity index (χ1) is 5.63. The van der Waals surface area contributed by atoms with E-state index in [0.717, 1.165) is 12.8 Å². The van der Waals surface area contributed by atoms with E-state index < -0.39 is 16.4 Å². The van der Waals surface area contributed by atoms with E-state index in [1.807, 2.05) is 20.8 Å². The summed E-state index contributed by atoms with van der Waals surface area (Å²) in [6, 6.07) is 0. The van der Waals surface area contributed by atoms with Crippen molar-refractivity contribution in [2.45, 2.75) is 57.8 Å². The summed E-state index contributed by atoms with van der Waals surface area (Å²) in [5, 5.41) is 9.43. The van der Waals surface area contributed by atoms with Crippen molar-refractivity contribution in [2.24, 2.45) is 0 Å². The van der Waals surface area contributed by atoms with Crippen LogP contribution in [0.5, 0.6) is 0 Å². The molecule has 0 spiro atoms. The summed E-state index contributed by atoms with van der Waals surface area (Å²) in [4.78, 5) is 0. The van der Waals surface area contributed by atoms with Gasteiger partial charge >= 0.3 is 0 Å². The second-order valence-corrected chi connectivity index (χ2v) is 7.40. The molecule has 0 aromatic rings. The number of hydrogen-bond donors (Lipinski definition) is 1. The third-order valence-corrected chi connectivity index (χ3v) is 3.83. The predicted molar refractivity (Wildman–Crippen MR) is 58.3 cm³/mol. The first-order valence-corrected chi connectivity index (χ1v) is 6.06. The molecule has 0 aliphatic heterocycles. The molecule has 13 heavy (non-hydrogen) atoms. The number of aliphatic hydroxyl groups is 1. The first-order valence-electron chi connectivity index (χ1n) is 4.74. The van der Waals surface area contributed by atoms with Crippen LogP contribution >= 0.6 is 0 Å². The third kappa shape index (κ3) is 7.20. The Balaban J connectivity index is 3.74. The Morgan fingerprint density at radius 1 is 1.15 bits per heavy atom. The number of rotatable bonds is 4. The van der Waals surface area contributed by atoms with Crippen LogP contribution in [0, 0.1) is 0 Å². The zero-order chi connectivity index (χ0) is 10.7. The van der Waals surface area contributed by atoms with Gasteiger partial charge in [0.25, 0.3) is 0 Å². The maximum absolute atomic E-state index is 11.6. The van der Waals surface area contributed by atoms with Crippen molar-refractivity contribution in [1.29, 1.82) is 0 Å². The van der Waals surface area contributed by atoms with E-state index in [0.29, 0.717) is 5.75 Å². The fourth-order valence-corrected chi connectivity index (χ4v) is 1.96. The summed E-state index contributed by atoms with van der Waals surface area (Å²) in [7, 11) is -0.783. The van der Waals surface area contributed by atoms with Crippen LogP contribution in [0.4, 0.5) is 0 Å². The van der Waals surface area contributed by atoms with Crippen molar-refractivity contribution in [3.63, 3.8) is 0 Å². The second-order valence-electron chi connectivity index (χ2n) is 5.08. The normalized spacial score (nSPS) is 15.8. The van der Waals surface area contributed by atoms with Gasteiger partial charge in [-0.25, -0.2) is 0 Å². The third-order valence-electron chi connectivity index (χ3n) is 1.80. The van der Waals surface area contributed by atoms with E-state index in [2.05, 4.69) is 0 Å². The molecule has 3 heteroatoms. The van der Waals surface area contributed by atoms with Crippen molar-refractivity contribution in [1.82, 2.24) is 0 Å². The summed E-state index contributed by atoms with van der Waals surface area (Å²) >= 11 is 0. The lowest BCUT2D eigenvalue weighted by Gasteiger charge is -2.20. The number of hydrogen-bond acceptors (Lipinski definition) is 2. The fraction of sp³-hybridized carbons (Fsp3) is 1.00. The minimum Gasteiger partial charge on any atom is -0.390 e. The molecule has 0 rings (SSSR count). The van der Waals surface area contributed by atoms with Gasteiger partial charge in [-0.05, 0) is 47.5 Å². The van der Waals surface area contributed by atoms with E-state index >= 15 is 0 Å². The quantitative estimate of drug-likeness (QED) is 0.764. The van der Waals surface area contributed by atoms with E-state index in [9.17, 15) is 9.32 Å². The molecule has 1 N–H and O–H groups in total. The van der Waals surface area contributed by atoms with Gasteiger partial charge in [-0.15, -0.1) is 0 Å². The Morgan fingerprint density at radius 3 is 1.92 bits per heavy atom. The van der Waals surface area contributed by atoms with Crippen LogP contribution < -0.4 is 0 Å². The summed E-state index contributed by atoms with van der Waals surface area (Å²) in [5.74, 6) is 0.688. The molecule has 80 valence electrons. The largest absolute Gasteiger partial charge is 0.390 e. The van der Waals surface area contributed by atoms with E-state index in [1.54, 1.807) is 13.8 Å². The van der Waals surface area contributed by atoms with Crippen molar-refractivity contribution < 1.29 is 9.32 Å². The summed E-state index contributed by atoms with van der Waals surface area (Å²) in [6.07, 6.45) is 1.54. The highest BCUT2D eigenvalue weighted by Crippen LogP contribution is 2.16. The van der Waals surface area contributed by atoms with Crippen LogP contribution in [-0.4, -0.2) is 25.4 Å². The Morgan fingerprint density at radius 2 is 1.62 bits per heavy atom. The van der Waals surface area contributed by atoms with Gasteiger partial charge in [0.05, 0.1) is 5.60 Å². The van der Waals surface area contributed by atoms with Crippen LogP contribution in [0.25, 0.3) is 0 Å². The molecule has 2 nitrogen and oxygen atoms in total. The fourth-order valence-electron chi connectivity index (χ4n) is 0.942. The maximum Gasteiger partial charge on any atom is 0.0592 e. The molecule has 0 radical (unpaired) electrons. The molecule has 0 aliphatic carbocycles. The molecule has 0 aromatic carbocycles. The topological polar surface area (TPSA) is 37.3 Å². The zero-order valence-corrected chi connectivity index (χ0v) is 10.2. The standard InChI is InChI=1S/C10H22O2S/c1-9(2,3)13(12)8-6-7-10(4,5)11/h11H,6-8H2,1-5H3. The molecule has 1 unspecified atom stereocenters. The molecule has 0 aliphatic rings. The highest BCUT2D eigenvalue weighted by atomic mass is 32.2.